The van der Waals surface area contributed by atoms with Crippen LogP contribution in [0.25, 0.3) is 0 Å². The predicted molar refractivity (Wildman–Crippen MR) is 97.1 cm³/mol. The van der Waals surface area contributed by atoms with Gasteiger partial charge in [0.1, 0.15) is 0 Å². The molecule has 0 bridgehead atoms. The molecule has 2 saturated heterocycles. The molecule has 0 aliphatic carbocycles. The second-order valence-electron chi connectivity index (χ2n) is 6.55. The lowest BCUT2D eigenvalue weighted by atomic mass is 10.2. The molecule has 5 heteroatoms. The standard InChI is InChI=1S/C18H27N3OS/c1-23-17-8-4-6-15(12-17)19-18(22)14-21-11-5-7-16(21)13-20-9-2-3-10-20/h4,6,8,12,16H,2-3,5,7,9-11,13-14H2,1H3,(H,19,22)/t16-/m0/s1. The zero-order chi connectivity index (χ0) is 16.1. The van der Waals surface area contributed by atoms with Crippen LogP contribution in [0, 0.1) is 0 Å². The maximum Gasteiger partial charge on any atom is 0.238 e. The van der Waals surface area contributed by atoms with Gasteiger partial charge in [-0.05, 0) is 69.8 Å². The van der Waals surface area contributed by atoms with Crippen LogP contribution in [-0.2, 0) is 4.79 Å². The number of benzene rings is 1. The van der Waals surface area contributed by atoms with Crippen molar-refractivity contribution in [3.05, 3.63) is 24.3 Å². The molecule has 2 fully saturated rings. The highest BCUT2D eigenvalue weighted by atomic mass is 32.2. The van der Waals surface area contributed by atoms with Crippen LogP contribution in [-0.4, -0.2) is 60.7 Å². The van der Waals surface area contributed by atoms with Gasteiger partial charge in [0.25, 0.3) is 0 Å². The highest BCUT2D eigenvalue weighted by Crippen LogP contribution is 2.21. The van der Waals surface area contributed by atoms with E-state index < -0.39 is 0 Å². The van der Waals surface area contributed by atoms with Gasteiger partial charge in [-0.3, -0.25) is 9.69 Å². The Labute approximate surface area is 143 Å². The molecule has 2 heterocycles. The normalized spacial score (nSPS) is 22.6. The Morgan fingerprint density at radius 3 is 2.87 bits per heavy atom. The van der Waals surface area contributed by atoms with Gasteiger partial charge in [-0.15, -0.1) is 11.8 Å². The Balaban J connectivity index is 1.51. The number of nitrogens with one attached hydrogen (secondary N) is 1. The van der Waals surface area contributed by atoms with E-state index in [1.165, 1.54) is 43.7 Å². The van der Waals surface area contributed by atoms with Crippen LogP contribution in [0.15, 0.2) is 29.2 Å². The van der Waals surface area contributed by atoms with Crippen molar-refractivity contribution in [1.82, 2.24) is 9.80 Å². The van der Waals surface area contributed by atoms with Crippen molar-refractivity contribution in [1.29, 1.82) is 0 Å². The first kappa shape index (κ1) is 16.8. The third-order valence-corrected chi connectivity index (χ3v) is 5.59. The van der Waals surface area contributed by atoms with Crippen LogP contribution in [0.2, 0.25) is 0 Å². The number of rotatable bonds is 6. The number of thioether (sulfide) groups is 1. The number of hydrogen-bond donors (Lipinski definition) is 1. The number of anilines is 1. The molecule has 4 nitrogen and oxygen atoms in total. The highest BCUT2D eigenvalue weighted by molar-refractivity contribution is 7.98. The lowest BCUT2D eigenvalue weighted by Crippen LogP contribution is -2.42. The van der Waals surface area contributed by atoms with Crippen LogP contribution in [0.4, 0.5) is 5.69 Å². The monoisotopic (exact) mass is 333 g/mol. The van der Waals surface area contributed by atoms with E-state index in [-0.39, 0.29) is 5.91 Å². The zero-order valence-electron chi connectivity index (χ0n) is 14.0. The first-order chi connectivity index (χ1) is 11.2. The summed E-state index contributed by atoms with van der Waals surface area (Å²) >= 11 is 1.69. The van der Waals surface area contributed by atoms with Crippen LogP contribution in [0.5, 0.6) is 0 Å². The van der Waals surface area contributed by atoms with E-state index in [4.69, 9.17) is 0 Å². The average molecular weight is 334 g/mol. The second kappa shape index (κ2) is 8.18. The first-order valence-corrected chi connectivity index (χ1v) is 9.87. The van der Waals surface area contributed by atoms with Crippen molar-refractivity contribution in [2.24, 2.45) is 0 Å². The molecular formula is C18H27N3OS. The van der Waals surface area contributed by atoms with E-state index in [2.05, 4.69) is 21.2 Å². The lowest BCUT2D eigenvalue weighted by Gasteiger charge is -2.27. The van der Waals surface area contributed by atoms with Gasteiger partial charge in [0.15, 0.2) is 0 Å². The lowest BCUT2D eigenvalue weighted by molar-refractivity contribution is -0.117. The summed E-state index contributed by atoms with van der Waals surface area (Å²) in [6, 6.07) is 8.61. The molecule has 1 amide bonds. The third kappa shape index (κ3) is 4.72. The molecule has 0 unspecified atom stereocenters. The first-order valence-electron chi connectivity index (χ1n) is 8.65. The van der Waals surface area contributed by atoms with E-state index in [0.717, 1.165) is 18.8 Å². The van der Waals surface area contributed by atoms with Gasteiger partial charge in [-0.1, -0.05) is 6.07 Å². The van der Waals surface area contributed by atoms with Gasteiger partial charge >= 0.3 is 0 Å². The summed E-state index contributed by atoms with van der Waals surface area (Å²) in [6.45, 7) is 5.17. The molecule has 1 N–H and O–H groups in total. The summed E-state index contributed by atoms with van der Waals surface area (Å²) < 4.78 is 0. The molecule has 126 valence electrons. The summed E-state index contributed by atoms with van der Waals surface area (Å²) in [7, 11) is 0. The summed E-state index contributed by atoms with van der Waals surface area (Å²) in [5.41, 5.74) is 0.900. The van der Waals surface area contributed by atoms with E-state index in [0.29, 0.717) is 12.6 Å². The molecular weight excluding hydrogens is 306 g/mol. The summed E-state index contributed by atoms with van der Waals surface area (Å²) in [5, 5.41) is 3.05. The fraction of sp³-hybridized carbons (Fsp3) is 0.611. The van der Waals surface area contributed by atoms with Crippen LogP contribution < -0.4 is 5.32 Å². The summed E-state index contributed by atoms with van der Waals surface area (Å²) in [4.78, 5) is 18.5. The fourth-order valence-electron chi connectivity index (χ4n) is 3.66. The fourth-order valence-corrected chi connectivity index (χ4v) is 4.12. The van der Waals surface area contributed by atoms with Crippen molar-refractivity contribution in [2.45, 2.75) is 36.6 Å². The van der Waals surface area contributed by atoms with Gasteiger partial charge < -0.3 is 10.2 Å². The Morgan fingerprint density at radius 1 is 1.26 bits per heavy atom. The summed E-state index contributed by atoms with van der Waals surface area (Å²) in [6.07, 6.45) is 7.16. The average Bonchev–Trinajstić information content (AvgIpc) is 3.20. The van der Waals surface area contributed by atoms with Crippen LogP contribution in [0.1, 0.15) is 25.7 Å². The van der Waals surface area contributed by atoms with E-state index in [9.17, 15) is 4.79 Å². The smallest absolute Gasteiger partial charge is 0.238 e. The minimum absolute atomic E-state index is 0.108. The van der Waals surface area contributed by atoms with Gasteiger partial charge in [0.2, 0.25) is 5.91 Å². The Kier molecular flexibility index (Phi) is 5.97. The maximum atomic E-state index is 12.4. The highest BCUT2D eigenvalue weighted by Gasteiger charge is 2.28. The number of likely N-dealkylation sites (tertiary alicyclic amines) is 2. The Morgan fingerprint density at radius 2 is 2.09 bits per heavy atom. The van der Waals surface area contributed by atoms with Crippen LogP contribution >= 0.6 is 11.8 Å². The molecule has 1 atom stereocenters. The van der Waals surface area contributed by atoms with Crippen molar-refractivity contribution in [3.63, 3.8) is 0 Å². The molecule has 0 saturated carbocycles. The molecule has 0 aromatic heterocycles. The quantitative estimate of drug-likeness (QED) is 0.812. The summed E-state index contributed by atoms with van der Waals surface area (Å²) in [5.74, 6) is 0.108. The molecule has 2 aliphatic rings. The molecule has 2 aliphatic heterocycles. The van der Waals surface area contributed by atoms with E-state index in [1.807, 2.05) is 24.5 Å². The van der Waals surface area contributed by atoms with Gasteiger partial charge in [0.05, 0.1) is 6.54 Å². The second-order valence-corrected chi connectivity index (χ2v) is 7.43. The number of nitrogens with zero attached hydrogens (tertiary/aromatic N) is 2. The van der Waals surface area contributed by atoms with Crippen molar-refractivity contribution < 1.29 is 4.79 Å². The SMILES string of the molecule is CSc1cccc(NC(=O)CN2CCC[C@H]2CN2CCCC2)c1. The number of carbonyl (C=O) groups excluding carboxylic acids is 1. The third-order valence-electron chi connectivity index (χ3n) is 4.87. The van der Waals surface area contributed by atoms with Crippen molar-refractivity contribution in [3.8, 4) is 0 Å². The predicted octanol–water partition coefficient (Wildman–Crippen LogP) is 2.91. The Hall–Kier alpha value is -1.04. The molecule has 1 aromatic carbocycles. The van der Waals surface area contributed by atoms with Gasteiger partial charge in [-0.2, -0.15) is 0 Å². The molecule has 0 spiro atoms. The molecule has 23 heavy (non-hydrogen) atoms. The van der Waals surface area contributed by atoms with Gasteiger partial charge in [0, 0.05) is 23.2 Å². The maximum absolute atomic E-state index is 12.4. The topological polar surface area (TPSA) is 35.6 Å². The molecule has 1 aromatic rings. The number of carbonyl (C=O) groups is 1. The van der Waals surface area contributed by atoms with Crippen LogP contribution in [0.3, 0.4) is 0 Å². The largest absolute Gasteiger partial charge is 0.325 e. The number of amides is 1. The minimum Gasteiger partial charge on any atom is -0.325 e. The van der Waals surface area contributed by atoms with E-state index in [1.54, 1.807) is 11.8 Å². The molecule has 0 radical (unpaired) electrons. The molecule has 3 rings (SSSR count). The number of hydrogen-bond acceptors (Lipinski definition) is 4. The van der Waals surface area contributed by atoms with E-state index >= 15 is 0 Å². The van der Waals surface area contributed by atoms with Gasteiger partial charge in [-0.25, -0.2) is 0 Å². The Bertz CT molecular complexity index is 531. The minimum atomic E-state index is 0.108. The van der Waals surface area contributed by atoms with Crippen molar-refractivity contribution >= 4 is 23.4 Å². The van der Waals surface area contributed by atoms with Crippen molar-refractivity contribution in [2.75, 3.05) is 44.3 Å². The zero-order valence-corrected chi connectivity index (χ0v) is 14.8.